The van der Waals surface area contributed by atoms with Crippen molar-refractivity contribution in [3.63, 3.8) is 0 Å². The number of oxazole rings is 1. The minimum atomic E-state index is -0.510. The highest BCUT2D eigenvalue weighted by Gasteiger charge is 2.14. The largest absolute Gasteiger partial charge is 0.436 e. The van der Waals surface area contributed by atoms with Crippen molar-refractivity contribution in [2.75, 3.05) is 5.73 Å². The smallest absolute Gasteiger partial charge is 0.229 e. The van der Waals surface area contributed by atoms with Gasteiger partial charge in [-0.1, -0.05) is 23.7 Å². The van der Waals surface area contributed by atoms with Crippen LogP contribution in [0.4, 0.5) is 10.1 Å². The van der Waals surface area contributed by atoms with Crippen molar-refractivity contribution in [3.05, 3.63) is 47.2 Å². The molecule has 2 N–H and O–H groups in total. The Labute approximate surface area is 107 Å². The number of fused-ring (bicyclic) bond motifs is 1. The molecule has 1 aromatic heterocycles. The molecule has 3 aromatic rings. The molecular weight excluding hydrogens is 255 g/mol. The molecule has 1 heterocycles. The van der Waals surface area contributed by atoms with Crippen molar-refractivity contribution in [1.29, 1.82) is 0 Å². The van der Waals surface area contributed by atoms with Gasteiger partial charge in [-0.25, -0.2) is 9.37 Å². The Morgan fingerprint density at radius 2 is 1.94 bits per heavy atom. The maximum Gasteiger partial charge on any atom is 0.229 e. The van der Waals surface area contributed by atoms with Crippen LogP contribution < -0.4 is 5.73 Å². The zero-order valence-corrected chi connectivity index (χ0v) is 9.91. The summed E-state index contributed by atoms with van der Waals surface area (Å²) in [5.74, 6) is -0.253. The third-order valence-corrected chi connectivity index (χ3v) is 3.02. The molecule has 3 rings (SSSR count). The molecular formula is C13H8ClFN2O. The van der Waals surface area contributed by atoms with Gasteiger partial charge in [0, 0.05) is 0 Å². The molecule has 0 bridgehead atoms. The van der Waals surface area contributed by atoms with E-state index in [4.69, 9.17) is 21.8 Å². The van der Waals surface area contributed by atoms with Crippen LogP contribution in [0.2, 0.25) is 5.02 Å². The van der Waals surface area contributed by atoms with E-state index in [1.165, 1.54) is 6.07 Å². The van der Waals surface area contributed by atoms with E-state index in [2.05, 4.69) is 4.98 Å². The van der Waals surface area contributed by atoms with Crippen molar-refractivity contribution in [1.82, 2.24) is 4.98 Å². The van der Waals surface area contributed by atoms with Gasteiger partial charge in [0.2, 0.25) is 5.89 Å². The lowest BCUT2D eigenvalue weighted by Gasteiger charge is -1.99. The summed E-state index contributed by atoms with van der Waals surface area (Å²) in [5, 5.41) is -0.0115. The van der Waals surface area contributed by atoms with Gasteiger partial charge in [-0.15, -0.1) is 0 Å². The molecule has 0 saturated heterocycles. The normalized spacial score (nSPS) is 11.0. The predicted octanol–water partition coefficient (Wildman–Crippen LogP) is 3.87. The van der Waals surface area contributed by atoms with Crippen LogP contribution in [-0.4, -0.2) is 4.98 Å². The van der Waals surface area contributed by atoms with Gasteiger partial charge in [0.25, 0.3) is 0 Å². The molecule has 0 spiro atoms. The molecule has 5 heteroatoms. The van der Waals surface area contributed by atoms with Crippen LogP contribution in [0.15, 0.2) is 40.8 Å². The Hall–Kier alpha value is -2.07. The van der Waals surface area contributed by atoms with Gasteiger partial charge < -0.3 is 10.2 Å². The predicted molar refractivity (Wildman–Crippen MR) is 68.8 cm³/mol. The lowest BCUT2D eigenvalue weighted by Crippen LogP contribution is -1.86. The maximum absolute atomic E-state index is 13.4. The van der Waals surface area contributed by atoms with Crippen molar-refractivity contribution in [2.24, 2.45) is 0 Å². The van der Waals surface area contributed by atoms with Gasteiger partial charge in [-0.2, -0.15) is 0 Å². The molecule has 0 amide bonds. The first-order valence-corrected chi connectivity index (χ1v) is 5.64. The molecule has 0 atom stereocenters. The number of nitrogens with two attached hydrogens (primary N) is 1. The third-order valence-electron chi connectivity index (χ3n) is 2.63. The van der Waals surface area contributed by atoms with E-state index in [1.807, 2.05) is 0 Å². The average Bonchev–Trinajstić information content (AvgIpc) is 2.78. The molecule has 3 nitrogen and oxygen atoms in total. The number of anilines is 1. The van der Waals surface area contributed by atoms with Gasteiger partial charge in [-0.3, -0.25) is 0 Å². The summed E-state index contributed by atoms with van der Waals surface area (Å²) in [6, 6.07) is 9.71. The van der Waals surface area contributed by atoms with Gasteiger partial charge in [0.1, 0.15) is 11.3 Å². The molecule has 0 aliphatic heterocycles. The van der Waals surface area contributed by atoms with Gasteiger partial charge in [0.05, 0.1) is 16.3 Å². The van der Waals surface area contributed by atoms with Gasteiger partial charge in [0.15, 0.2) is 5.58 Å². The van der Waals surface area contributed by atoms with E-state index in [0.717, 1.165) is 0 Å². The lowest BCUT2D eigenvalue weighted by molar-refractivity contribution is 0.611. The van der Waals surface area contributed by atoms with Crippen molar-refractivity contribution in [2.45, 2.75) is 0 Å². The fourth-order valence-electron chi connectivity index (χ4n) is 1.75. The van der Waals surface area contributed by atoms with Crippen LogP contribution >= 0.6 is 11.6 Å². The van der Waals surface area contributed by atoms with Crippen LogP contribution in [-0.2, 0) is 0 Å². The topological polar surface area (TPSA) is 52.0 Å². The van der Waals surface area contributed by atoms with Crippen molar-refractivity contribution in [3.8, 4) is 11.5 Å². The monoisotopic (exact) mass is 262 g/mol. The number of rotatable bonds is 1. The quantitative estimate of drug-likeness (QED) is 0.677. The molecule has 0 radical (unpaired) electrons. The Kier molecular flexibility index (Phi) is 2.45. The van der Waals surface area contributed by atoms with Crippen LogP contribution in [0.3, 0.4) is 0 Å². The molecule has 0 fully saturated rings. The first-order chi connectivity index (χ1) is 8.66. The molecule has 0 unspecified atom stereocenters. The Balaban J connectivity index is 2.26. The van der Waals surface area contributed by atoms with E-state index in [9.17, 15) is 4.39 Å². The van der Waals surface area contributed by atoms with Crippen LogP contribution in [0.5, 0.6) is 0 Å². The molecule has 18 heavy (non-hydrogen) atoms. The second-order valence-electron chi connectivity index (χ2n) is 3.81. The molecule has 0 aliphatic carbocycles. The lowest BCUT2D eigenvalue weighted by atomic mass is 10.2. The summed E-state index contributed by atoms with van der Waals surface area (Å²) >= 11 is 5.89. The zero-order chi connectivity index (χ0) is 12.7. The highest BCUT2D eigenvalue weighted by atomic mass is 35.5. The van der Waals surface area contributed by atoms with E-state index in [-0.39, 0.29) is 10.9 Å². The number of benzene rings is 2. The Bertz CT molecular complexity index is 739. The fourth-order valence-corrected chi connectivity index (χ4v) is 1.96. The second-order valence-corrected chi connectivity index (χ2v) is 4.19. The zero-order valence-electron chi connectivity index (χ0n) is 9.15. The highest BCUT2D eigenvalue weighted by Crippen LogP contribution is 2.32. The second kappa shape index (κ2) is 3.99. The van der Waals surface area contributed by atoms with Gasteiger partial charge >= 0.3 is 0 Å². The number of hydrogen-bond donors (Lipinski definition) is 1. The highest BCUT2D eigenvalue weighted by molar-refractivity contribution is 6.33. The molecule has 90 valence electrons. The van der Waals surface area contributed by atoms with Crippen molar-refractivity contribution < 1.29 is 8.81 Å². The van der Waals surface area contributed by atoms with Crippen LogP contribution in [0, 0.1) is 5.82 Å². The summed E-state index contributed by atoms with van der Waals surface area (Å²) in [5.41, 5.74) is 7.80. The van der Waals surface area contributed by atoms with Gasteiger partial charge in [-0.05, 0) is 24.3 Å². The van der Waals surface area contributed by atoms with E-state index >= 15 is 0 Å². The third kappa shape index (κ3) is 1.62. The molecule has 2 aromatic carbocycles. The standard InChI is InChI=1S/C13H8ClFN2O/c14-11-7(3-1-4-8(11)15)13-17-12-9(16)5-2-6-10(12)18-13/h1-6H,16H2. The first kappa shape index (κ1) is 11.0. The summed E-state index contributed by atoms with van der Waals surface area (Å²) in [6.45, 7) is 0. The summed E-state index contributed by atoms with van der Waals surface area (Å²) < 4.78 is 18.9. The summed E-state index contributed by atoms with van der Waals surface area (Å²) in [4.78, 5) is 4.24. The van der Waals surface area contributed by atoms with Crippen LogP contribution in [0.25, 0.3) is 22.6 Å². The average molecular weight is 263 g/mol. The Morgan fingerprint density at radius 1 is 1.17 bits per heavy atom. The number of nitrogen functional groups attached to an aromatic ring is 1. The van der Waals surface area contributed by atoms with E-state index in [0.29, 0.717) is 22.4 Å². The fraction of sp³-hybridized carbons (Fsp3) is 0. The van der Waals surface area contributed by atoms with E-state index in [1.54, 1.807) is 30.3 Å². The Morgan fingerprint density at radius 3 is 2.72 bits per heavy atom. The first-order valence-electron chi connectivity index (χ1n) is 5.26. The maximum atomic E-state index is 13.4. The summed E-state index contributed by atoms with van der Waals surface area (Å²) in [7, 11) is 0. The number of nitrogens with zero attached hydrogens (tertiary/aromatic N) is 1. The van der Waals surface area contributed by atoms with E-state index < -0.39 is 5.82 Å². The SMILES string of the molecule is Nc1cccc2oc(-c3cccc(F)c3Cl)nc12. The minimum Gasteiger partial charge on any atom is -0.436 e. The molecule has 0 aliphatic rings. The van der Waals surface area contributed by atoms with Crippen LogP contribution in [0.1, 0.15) is 0 Å². The number of para-hydroxylation sites is 1. The molecule has 0 saturated carbocycles. The van der Waals surface area contributed by atoms with Crippen molar-refractivity contribution >= 4 is 28.4 Å². The summed E-state index contributed by atoms with van der Waals surface area (Å²) in [6.07, 6.45) is 0. The number of hydrogen-bond acceptors (Lipinski definition) is 3. The minimum absolute atomic E-state index is 0.0115. The number of halogens is 2. The number of aromatic nitrogens is 1.